The lowest BCUT2D eigenvalue weighted by Gasteiger charge is -2.18. The van der Waals surface area contributed by atoms with Gasteiger partial charge in [-0.1, -0.05) is 66.7 Å². The number of ether oxygens (including phenoxy) is 2. The molecule has 1 heterocycles. The first-order chi connectivity index (χ1) is 16.7. The summed E-state index contributed by atoms with van der Waals surface area (Å²) in [6, 6.07) is 25.9. The summed E-state index contributed by atoms with van der Waals surface area (Å²) < 4.78 is 11.0. The van der Waals surface area contributed by atoms with Gasteiger partial charge in [0.2, 0.25) is 0 Å². The van der Waals surface area contributed by atoms with Crippen LogP contribution in [-0.4, -0.2) is 43.8 Å². The highest BCUT2D eigenvalue weighted by atomic mass is 16.6. The fourth-order valence-corrected chi connectivity index (χ4v) is 4.76. The number of imide groups is 1. The second kappa shape index (κ2) is 9.53. The molecule has 0 radical (unpaired) electrons. The number of methoxy groups -OCH3 is 1. The smallest absolute Gasteiger partial charge is 0.416 e. The van der Waals surface area contributed by atoms with Crippen LogP contribution in [0.1, 0.15) is 23.5 Å². The van der Waals surface area contributed by atoms with E-state index >= 15 is 0 Å². The standard InChI is InChI=1S/C28H26N2O4/c1-33-18-26(29-19-9-3-2-4-10-19)24-15-16-30(27(24)31)28(32)34-17-25-22-13-7-5-11-20(22)21-12-6-8-14-23(21)25/h2-14,25,29H,15-18H2,1H3/b26-24-. The van der Waals surface area contributed by atoms with Crippen molar-refractivity contribution in [3.63, 3.8) is 0 Å². The molecule has 5 rings (SSSR count). The molecule has 2 amide bonds. The lowest BCUT2D eigenvalue weighted by Crippen LogP contribution is -2.34. The average Bonchev–Trinajstić information content (AvgIpc) is 3.41. The van der Waals surface area contributed by atoms with E-state index in [4.69, 9.17) is 9.47 Å². The molecule has 2 aliphatic rings. The molecule has 0 saturated carbocycles. The minimum Gasteiger partial charge on any atom is -0.448 e. The molecule has 1 N–H and O–H groups in total. The topological polar surface area (TPSA) is 67.9 Å². The minimum absolute atomic E-state index is 0.0483. The zero-order chi connectivity index (χ0) is 23.5. The van der Waals surface area contributed by atoms with Gasteiger partial charge >= 0.3 is 6.09 Å². The molecule has 0 aromatic heterocycles. The highest BCUT2D eigenvalue weighted by Gasteiger charge is 2.36. The maximum Gasteiger partial charge on any atom is 0.416 e. The fourth-order valence-electron chi connectivity index (χ4n) is 4.76. The van der Waals surface area contributed by atoms with Crippen molar-refractivity contribution < 1.29 is 19.1 Å². The molecule has 1 aliphatic carbocycles. The predicted octanol–water partition coefficient (Wildman–Crippen LogP) is 5.18. The third kappa shape index (κ3) is 4.08. The van der Waals surface area contributed by atoms with Gasteiger partial charge in [0.15, 0.2) is 0 Å². The quantitative estimate of drug-likeness (QED) is 0.520. The number of carbonyl (C=O) groups is 2. The fraction of sp³-hybridized carbons (Fsp3) is 0.214. The molecule has 0 spiro atoms. The predicted molar refractivity (Wildman–Crippen MR) is 130 cm³/mol. The zero-order valence-electron chi connectivity index (χ0n) is 19.0. The Balaban J connectivity index is 1.31. The van der Waals surface area contributed by atoms with Gasteiger partial charge in [-0.3, -0.25) is 4.79 Å². The maximum atomic E-state index is 13.1. The number of hydrogen-bond acceptors (Lipinski definition) is 5. The van der Waals surface area contributed by atoms with Crippen LogP contribution >= 0.6 is 0 Å². The largest absolute Gasteiger partial charge is 0.448 e. The number of nitrogens with one attached hydrogen (secondary N) is 1. The molecule has 1 saturated heterocycles. The van der Waals surface area contributed by atoms with Crippen LogP contribution in [0.2, 0.25) is 0 Å². The van der Waals surface area contributed by atoms with E-state index in [2.05, 4.69) is 29.6 Å². The number of para-hydroxylation sites is 1. The maximum absolute atomic E-state index is 13.1. The van der Waals surface area contributed by atoms with E-state index in [1.54, 1.807) is 7.11 Å². The van der Waals surface area contributed by atoms with E-state index in [-0.39, 0.29) is 31.6 Å². The van der Waals surface area contributed by atoms with Gasteiger partial charge in [-0.15, -0.1) is 0 Å². The summed E-state index contributed by atoms with van der Waals surface area (Å²) in [7, 11) is 1.58. The van der Waals surface area contributed by atoms with E-state index in [1.807, 2.05) is 54.6 Å². The van der Waals surface area contributed by atoms with Crippen molar-refractivity contribution in [1.82, 2.24) is 4.90 Å². The summed E-state index contributed by atoms with van der Waals surface area (Å²) in [6.07, 6.45) is -0.167. The zero-order valence-corrected chi connectivity index (χ0v) is 19.0. The van der Waals surface area contributed by atoms with Crippen LogP contribution in [-0.2, 0) is 14.3 Å². The van der Waals surface area contributed by atoms with E-state index in [0.29, 0.717) is 17.7 Å². The number of rotatable bonds is 6. The highest BCUT2D eigenvalue weighted by molar-refractivity contribution is 6.05. The molecule has 3 aromatic rings. The Morgan fingerprint density at radius 1 is 0.941 bits per heavy atom. The van der Waals surface area contributed by atoms with E-state index in [0.717, 1.165) is 27.9 Å². The molecule has 3 aromatic carbocycles. The van der Waals surface area contributed by atoms with Crippen molar-refractivity contribution in [3.05, 3.63) is 101 Å². The Kier molecular flexibility index (Phi) is 6.14. The van der Waals surface area contributed by atoms with Gasteiger partial charge < -0.3 is 14.8 Å². The SMILES string of the molecule is COC/C(Nc1ccccc1)=C1\CCN(C(=O)OCC2c3ccccc3-c3ccccc32)C1=O. The van der Waals surface area contributed by atoms with Crippen LogP contribution in [0.5, 0.6) is 0 Å². The Labute approximate surface area is 198 Å². The summed E-state index contributed by atoms with van der Waals surface area (Å²) in [6.45, 7) is 0.714. The van der Waals surface area contributed by atoms with Crippen LogP contribution < -0.4 is 5.32 Å². The summed E-state index contributed by atoms with van der Waals surface area (Å²) in [5.41, 5.74) is 6.66. The number of benzene rings is 3. The summed E-state index contributed by atoms with van der Waals surface area (Å²) >= 11 is 0. The van der Waals surface area contributed by atoms with Crippen LogP contribution in [0.3, 0.4) is 0 Å². The number of nitrogens with zero attached hydrogens (tertiary/aromatic N) is 1. The first-order valence-electron chi connectivity index (χ1n) is 11.4. The molecule has 6 nitrogen and oxygen atoms in total. The monoisotopic (exact) mass is 454 g/mol. The molecule has 1 aliphatic heterocycles. The number of carbonyl (C=O) groups excluding carboxylic acids is 2. The number of amides is 2. The van der Waals surface area contributed by atoms with Crippen molar-refractivity contribution in [3.8, 4) is 11.1 Å². The summed E-state index contributed by atoms with van der Waals surface area (Å²) in [5.74, 6) is -0.388. The number of likely N-dealkylation sites (tertiary alicyclic amines) is 1. The van der Waals surface area contributed by atoms with E-state index in [9.17, 15) is 9.59 Å². The molecule has 172 valence electrons. The van der Waals surface area contributed by atoms with Crippen molar-refractivity contribution in [2.24, 2.45) is 0 Å². The number of hydrogen-bond donors (Lipinski definition) is 1. The molecule has 0 unspecified atom stereocenters. The Morgan fingerprint density at radius 2 is 1.56 bits per heavy atom. The molecular formula is C28H26N2O4. The van der Waals surface area contributed by atoms with Crippen molar-refractivity contribution in [1.29, 1.82) is 0 Å². The van der Waals surface area contributed by atoms with Gasteiger partial charge in [-0.05, 0) is 40.8 Å². The number of fused-ring (bicyclic) bond motifs is 3. The second-order valence-electron chi connectivity index (χ2n) is 8.39. The second-order valence-corrected chi connectivity index (χ2v) is 8.39. The van der Waals surface area contributed by atoms with Gasteiger partial charge in [-0.25, -0.2) is 9.69 Å². The lowest BCUT2D eigenvalue weighted by molar-refractivity contribution is -0.123. The van der Waals surface area contributed by atoms with E-state index in [1.165, 1.54) is 4.90 Å². The third-order valence-corrected chi connectivity index (χ3v) is 6.37. The minimum atomic E-state index is -0.613. The van der Waals surface area contributed by atoms with Crippen LogP contribution in [0, 0.1) is 0 Å². The molecule has 0 bridgehead atoms. The van der Waals surface area contributed by atoms with Crippen LogP contribution in [0.25, 0.3) is 11.1 Å². The number of anilines is 1. The van der Waals surface area contributed by atoms with E-state index < -0.39 is 6.09 Å². The van der Waals surface area contributed by atoms with Crippen LogP contribution in [0.15, 0.2) is 90.1 Å². The average molecular weight is 455 g/mol. The Hall–Kier alpha value is -3.90. The Morgan fingerprint density at radius 3 is 2.21 bits per heavy atom. The van der Waals surface area contributed by atoms with Gasteiger partial charge in [0, 0.05) is 30.8 Å². The lowest BCUT2D eigenvalue weighted by atomic mass is 9.98. The summed E-state index contributed by atoms with van der Waals surface area (Å²) in [4.78, 5) is 27.2. The summed E-state index contributed by atoms with van der Waals surface area (Å²) in [5, 5.41) is 3.27. The van der Waals surface area contributed by atoms with Gasteiger partial charge in [0.05, 0.1) is 12.3 Å². The van der Waals surface area contributed by atoms with Crippen molar-refractivity contribution in [2.45, 2.75) is 12.3 Å². The van der Waals surface area contributed by atoms with Crippen LogP contribution in [0.4, 0.5) is 10.5 Å². The first-order valence-corrected chi connectivity index (χ1v) is 11.4. The molecule has 6 heteroatoms. The normalized spacial score (nSPS) is 16.3. The highest BCUT2D eigenvalue weighted by Crippen LogP contribution is 2.44. The van der Waals surface area contributed by atoms with Crippen molar-refractivity contribution in [2.75, 3.05) is 32.2 Å². The first kappa shape index (κ1) is 21.9. The van der Waals surface area contributed by atoms with Gasteiger partial charge in [0.1, 0.15) is 6.61 Å². The molecule has 34 heavy (non-hydrogen) atoms. The molecular weight excluding hydrogens is 428 g/mol. The van der Waals surface area contributed by atoms with Crippen molar-refractivity contribution >= 4 is 17.7 Å². The molecule has 0 atom stereocenters. The molecule has 1 fully saturated rings. The van der Waals surface area contributed by atoms with Gasteiger partial charge in [0.25, 0.3) is 5.91 Å². The van der Waals surface area contributed by atoms with Gasteiger partial charge in [-0.2, -0.15) is 0 Å². The Bertz CT molecular complexity index is 1210. The third-order valence-electron chi connectivity index (χ3n) is 6.37.